The standard InChI is InChI=1S/C21H21N3O3/c25-19-11-12-24(21(27)23-19)18-8-4-3-7-17(18)20(26)22-16-10-9-14-5-1-2-6-15(14)13-16/h1-8,16H,9-13H2,(H,22,26)(H,23,25,27)/t16-/m1/s1. The number of carbonyl (C=O) groups is 3. The van der Waals surface area contributed by atoms with Gasteiger partial charge in [0.05, 0.1) is 11.3 Å². The lowest BCUT2D eigenvalue weighted by atomic mass is 9.88. The number of rotatable bonds is 3. The van der Waals surface area contributed by atoms with E-state index in [4.69, 9.17) is 0 Å². The highest BCUT2D eigenvalue weighted by Gasteiger charge is 2.28. The van der Waals surface area contributed by atoms with Crippen molar-refractivity contribution in [1.29, 1.82) is 0 Å². The fourth-order valence-electron chi connectivity index (χ4n) is 3.78. The summed E-state index contributed by atoms with van der Waals surface area (Å²) in [6.45, 7) is 0.270. The molecule has 6 nitrogen and oxygen atoms in total. The predicted octanol–water partition coefficient (Wildman–Crippen LogP) is 2.42. The van der Waals surface area contributed by atoms with Crippen molar-refractivity contribution in [2.45, 2.75) is 31.7 Å². The summed E-state index contributed by atoms with van der Waals surface area (Å²) in [6, 6.07) is 14.9. The Morgan fingerprint density at radius 1 is 1.00 bits per heavy atom. The van der Waals surface area contributed by atoms with Gasteiger partial charge in [0.15, 0.2) is 0 Å². The Kier molecular flexibility index (Phi) is 4.62. The molecule has 0 bridgehead atoms. The fourth-order valence-corrected chi connectivity index (χ4v) is 3.78. The maximum Gasteiger partial charge on any atom is 0.328 e. The van der Waals surface area contributed by atoms with Crippen LogP contribution in [0, 0.1) is 0 Å². The number of para-hydroxylation sites is 1. The number of aryl methyl sites for hydroxylation is 1. The minimum atomic E-state index is -0.488. The number of nitrogens with zero attached hydrogens (tertiary/aromatic N) is 1. The summed E-state index contributed by atoms with van der Waals surface area (Å²) >= 11 is 0. The number of hydrogen-bond acceptors (Lipinski definition) is 3. The Bertz CT molecular complexity index is 909. The van der Waals surface area contributed by atoms with Crippen LogP contribution in [0.15, 0.2) is 48.5 Å². The van der Waals surface area contributed by atoms with E-state index in [2.05, 4.69) is 22.8 Å². The smallest absolute Gasteiger partial charge is 0.328 e. The average molecular weight is 363 g/mol. The number of anilines is 1. The monoisotopic (exact) mass is 363 g/mol. The Morgan fingerprint density at radius 2 is 1.74 bits per heavy atom. The summed E-state index contributed by atoms with van der Waals surface area (Å²) in [5.74, 6) is -0.487. The maximum absolute atomic E-state index is 12.9. The normalized spacial score (nSPS) is 19.3. The number of imide groups is 1. The first kappa shape index (κ1) is 17.3. The molecule has 6 heteroatoms. The number of urea groups is 1. The molecule has 1 heterocycles. The Labute approximate surface area is 157 Å². The molecule has 1 saturated heterocycles. The number of amides is 4. The van der Waals surface area contributed by atoms with Gasteiger partial charge in [0.25, 0.3) is 5.91 Å². The molecule has 2 aliphatic rings. The molecule has 2 aromatic rings. The number of nitrogens with one attached hydrogen (secondary N) is 2. The fraction of sp³-hybridized carbons (Fsp3) is 0.286. The van der Waals surface area contributed by atoms with Crippen molar-refractivity contribution in [1.82, 2.24) is 10.6 Å². The van der Waals surface area contributed by atoms with Crippen molar-refractivity contribution in [3.8, 4) is 0 Å². The summed E-state index contributed by atoms with van der Waals surface area (Å²) in [6.07, 6.45) is 2.87. The molecule has 27 heavy (non-hydrogen) atoms. The molecule has 1 aliphatic carbocycles. The van der Waals surface area contributed by atoms with Crippen molar-refractivity contribution in [2.75, 3.05) is 11.4 Å². The van der Waals surface area contributed by atoms with Crippen LogP contribution < -0.4 is 15.5 Å². The van der Waals surface area contributed by atoms with Crippen molar-refractivity contribution >= 4 is 23.5 Å². The van der Waals surface area contributed by atoms with E-state index in [9.17, 15) is 14.4 Å². The van der Waals surface area contributed by atoms with Crippen LogP contribution in [0.3, 0.4) is 0 Å². The van der Waals surface area contributed by atoms with Gasteiger partial charge in [-0.25, -0.2) is 4.79 Å². The molecular weight excluding hydrogens is 342 g/mol. The van der Waals surface area contributed by atoms with E-state index in [1.165, 1.54) is 16.0 Å². The van der Waals surface area contributed by atoms with Gasteiger partial charge in [-0.1, -0.05) is 36.4 Å². The molecule has 1 fully saturated rings. The van der Waals surface area contributed by atoms with E-state index in [1.807, 2.05) is 12.1 Å². The van der Waals surface area contributed by atoms with E-state index in [0.717, 1.165) is 19.3 Å². The zero-order valence-electron chi connectivity index (χ0n) is 14.9. The first-order chi connectivity index (χ1) is 13.1. The number of fused-ring (bicyclic) bond motifs is 1. The van der Waals surface area contributed by atoms with Crippen LogP contribution in [0.25, 0.3) is 0 Å². The van der Waals surface area contributed by atoms with Gasteiger partial charge in [0.2, 0.25) is 5.91 Å². The molecule has 1 aliphatic heterocycles. The molecule has 0 aromatic heterocycles. The Hall–Kier alpha value is -3.15. The summed E-state index contributed by atoms with van der Waals surface area (Å²) in [5.41, 5.74) is 3.59. The SMILES string of the molecule is O=C1CCN(c2ccccc2C(=O)N[C@@H]2CCc3ccccc3C2)C(=O)N1. The molecule has 0 saturated carbocycles. The molecule has 2 aromatic carbocycles. The van der Waals surface area contributed by atoms with E-state index in [0.29, 0.717) is 11.3 Å². The van der Waals surface area contributed by atoms with E-state index in [-0.39, 0.29) is 30.8 Å². The van der Waals surface area contributed by atoms with Gasteiger partial charge in [0.1, 0.15) is 0 Å². The molecule has 138 valence electrons. The molecule has 0 spiro atoms. The molecule has 1 atom stereocenters. The molecule has 0 unspecified atom stereocenters. The second-order valence-electron chi connectivity index (χ2n) is 6.95. The summed E-state index contributed by atoms with van der Waals surface area (Å²) in [4.78, 5) is 37.9. The van der Waals surface area contributed by atoms with Crippen LogP contribution in [0.2, 0.25) is 0 Å². The second kappa shape index (κ2) is 7.23. The van der Waals surface area contributed by atoms with Crippen LogP contribution in [-0.4, -0.2) is 30.4 Å². The predicted molar refractivity (Wildman–Crippen MR) is 102 cm³/mol. The summed E-state index contributed by atoms with van der Waals surface area (Å²) in [5, 5.41) is 5.42. The number of hydrogen-bond donors (Lipinski definition) is 2. The first-order valence-electron chi connectivity index (χ1n) is 9.20. The topological polar surface area (TPSA) is 78.5 Å². The van der Waals surface area contributed by atoms with Gasteiger partial charge in [-0.3, -0.25) is 19.8 Å². The van der Waals surface area contributed by atoms with Gasteiger partial charge >= 0.3 is 6.03 Å². The Morgan fingerprint density at radius 3 is 2.56 bits per heavy atom. The van der Waals surface area contributed by atoms with Crippen molar-refractivity contribution < 1.29 is 14.4 Å². The van der Waals surface area contributed by atoms with E-state index < -0.39 is 6.03 Å². The minimum Gasteiger partial charge on any atom is -0.349 e. The van der Waals surface area contributed by atoms with E-state index >= 15 is 0 Å². The van der Waals surface area contributed by atoms with Gasteiger partial charge in [-0.15, -0.1) is 0 Å². The van der Waals surface area contributed by atoms with E-state index in [1.54, 1.807) is 24.3 Å². The third kappa shape index (κ3) is 3.56. The van der Waals surface area contributed by atoms with Crippen LogP contribution in [0.5, 0.6) is 0 Å². The zero-order valence-corrected chi connectivity index (χ0v) is 14.9. The molecule has 4 amide bonds. The summed E-state index contributed by atoms with van der Waals surface area (Å²) in [7, 11) is 0. The van der Waals surface area contributed by atoms with Crippen LogP contribution in [-0.2, 0) is 17.6 Å². The second-order valence-corrected chi connectivity index (χ2v) is 6.95. The number of benzene rings is 2. The van der Waals surface area contributed by atoms with Gasteiger partial charge < -0.3 is 5.32 Å². The first-order valence-corrected chi connectivity index (χ1v) is 9.20. The van der Waals surface area contributed by atoms with Crippen LogP contribution >= 0.6 is 0 Å². The lowest BCUT2D eigenvalue weighted by Crippen LogP contribution is -2.50. The summed E-state index contributed by atoms with van der Waals surface area (Å²) < 4.78 is 0. The maximum atomic E-state index is 12.9. The van der Waals surface area contributed by atoms with Crippen LogP contribution in [0.1, 0.15) is 34.3 Å². The molecular formula is C21H21N3O3. The molecule has 0 radical (unpaired) electrons. The molecule has 2 N–H and O–H groups in total. The average Bonchev–Trinajstić information content (AvgIpc) is 2.68. The van der Waals surface area contributed by atoms with Crippen molar-refractivity contribution in [3.05, 3.63) is 65.2 Å². The zero-order chi connectivity index (χ0) is 18.8. The number of carbonyl (C=O) groups excluding carboxylic acids is 3. The quantitative estimate of drug-likeness (QED) is 0.879. The highest BCUT2D eigenvalue weighted by atomic mass is 16.2. The van der Waals surface area contributed by atoms with Gasteiger partial charge in [-0.2, -0.15) is 0 Å². The van der Waals surface area contributed by atoms with Gasteiger partial charge in [0, 0.05) is 19.0 Å². The lowest BCUT2D eigenvalue weighted by Gasteiger charge is -2.29. The Balaban J connectivity index is 1.52. The largest absolute Gasteiger partial charge is 0.349 e. The third-order valence-corrected chi connectivity index (χ3v) is 5.18. The lowest BCUT2D eigenvalue weighted by molar-refractivity contribution is -0.120. The van der Waals surface area contributed by atoms with Crippen LogP contribution in [0.4, 0.5) is 10.5 Å². The minimum absolute atomic E-state index is 0.0669. The van der Waals surface area contributed by atoms with Crippen molar-refractivity contribution in [2.24, 2.45) is 0 Å². The molecule has 4 rings (SSSR count). The van der Waals surface area contributed by atoms with Crippen molar-refractivity contribution in [3.63, 3.8) is 0 Å². The highest BCUT2D eigenvalue weighted by Crippen LogP contribution is 2.24. The highest BCUT2D eigenvalue weighted by molar-refractivity contribution is 6.09. The third-order valence-electron chi connectivity index (χ3n) is 5.18. The van der Waals surface area contributed by atoms with Gasteiger partial charge in [-0.05, 0) is 42.5 Å².